The second kappa shape index (κ2) is 11.7. The second-order valence-electron chi connectivity index (χ2n) is 7.44. The van der Waals surface area contributed by atoms with Gasteiger partial charge in [-0.05, 0) is 66.3 Å². The lowest BCUT2D eigenvalue weighted by Crippen LogP contribution is -2.25. The SMILES string of the molecule is O=C(O)CCC/C=C(/c1ccc(CCNS(=O)(=O)c2ccc(Cl)cc2)cc1)c1cccnc1. The Morgan fingerprint density at radius 2 is 1.76 bits per heavy atom. The van der Waals surface area contributed by atoms with E-state index in [1.54, 1.807) is 24.5 Å². The Balaban J connectivity index is 1.65. The smallest absolute Gasteiger partial charge is 0.303 e. The number of hydrogen-bond acceptors (Lipinski definition) is 4. The van der Waals surface area contributed by atoms with Crippen LogP contribution in [0.25, 0.3) is 5.57 Å². The van der Waals surface area contributed by atoms with E-state index in [0.717, 1.165) is 22.3 Å². The van der Waals surface area contributed by atoms with Crippen LogP contribution in [-0.2, 0) is 21.2 Å². The number of sulfonamides is 1. The maximum absolute atomic E-state index is 12.4. The maximum atomic E-state index is 12.4. The molecule has 0 spiro atoms. The van der Waals surface area contributed by atoms with Crippen molar-refractivity contribution in [2.24, 2.45) is 0 Å². The molecule has 6 nitrogen and oxygen atoms in total. The van der Waals surface area contributed by atoms with E-state index in [9.17, 15) is 13.2 Å². The van der Waals surface area contributed by atoms with Crippen LogP contribution in [0.2, 0.25) is 5.02 Å². The molecule has 0 fully saturated rings. The molecular weight excluding hydrogens is 460 g/mol. The number of nitrogens with one attached hydrogen (secondary N) is 1. The van der Waals surface area contributed by atoms with Gasteiger partial charge in [-0.2, -0.15) is 0 Å². The van der Waals surface area contributed by atoms with Gasteiger partial charge in [0.2, 0.25) is 10.0 Å². The van der Waals surface area contributed by atoms with Crippen LogP contribution >= 0.6 is 11.6 Å². The van der Waals surface area contributed by atoms with Crippen molar-refractivity contribution in [2.75, 3.05) is 6.54 Å². The molecule has 33 heavy (non-hydrogen) atoms. The number of aromatic nitrogens is 1. The molecule has 3 rings (SSSR count). The summed E-state index contributed by atoms with van der Waals surface area (Å²) >= 11 is 5.82. The van der Waals surface area contributed by atoms with Crippen molar-refractivity contribution < 1.29 is 18.3 Å². The highest BCUT2D eigenvalue weighted by molar-refractivity contribution is 7.89. The molecule has 0 aliphatic rings. The Labute approximate surface area is 199 Å². The fourth-order valence-electron chi connectivity index (χ4n) is 3.30. The third kappa shape index (κ3) is 7.53. The minimum absolute atomic E-state index is 0.127. The number of carboxylic acid groups (broad SMARTS) is 1. The van der Waals surface area contributed by atoms with E-state index in [-0.39, 0.29) is 17.9 Å². The third-order valence-corrected chi connectivity index (χ3v) is 6.74. The van der Waals surface area contributed by atoms with E-state index in [2.05, 4.69) is 9.71 Å². The van der Waals surface area contributed by atoms with Gasteiger partial charge in [-0.3, -0.25) is 9.78 Å². The molecule has 0 unspecified atom stereocenters. The molecule has 0 aliphatic carbocycles. The topological polar surface area (TPSA) is 96.4 Å². The average molecular weight is 485 g/mol. The van der Waals surface area contributed by atoms with Crippen LogP contribution < -0.4 is 4.72 Å². The van der Waals surface area contributed by atoms with Crippen molar-refractivity contribution in [1.29, 1.82) is 0 Å². The van der Waals surface area contributed by atoms with E-state index in [4.69, 9.17) is 16.7 Å². The highest BCUT2D eigenvalue weighted by atomic mass is 35.5. The number of carboxylic acids is 1. The highest BCUT2D eigenvalue weighted by Crippen LogP contribution is 2.24. The second-order valence-corrected chi connectivity index (χ2v) is 9.65. The molecule has 8 heteroatoms. The number of benzene rings is 2. The molecular formula is C25H25ClN2O4S. The molecule has 1 aromatic heterocycles. The summed E-state index contributed by atoms with van der Waals surface area (Å²) in [7, 11) is -3.59. The number of halogens is 1. The molecule has 1 heterocycles. The number of unbranched alkanes of at least 4 members (excludes halogenated alkanes) is 1. The van der Waals surface area contributed by atoms with Gasteiger partial charge in [0, 0.05) is 35.9 Å². The number of pyridine rings is 1. The van der Waals surface area contributed by atoms with Crippen molar-refractivity contribution in [2.45, 2.75) is 30.6 Å². The predicted octanol–water partition coefficient (Wildman–Crippen LogP) is 4.94. The monoisotopic (exact) mass is 484 g/mol. The van der Waals surface area contributed by atoms with Crippen molar-refractivity contribution in [3.63, 3.8) is 0 Å². The summed E-state index contributed by atoms with van der Waals surface area (Å²) in [5, 5.41) is 9.34. The quantitative estimate of drug-likeness (QED) is 0.376. The Morgan fingerprint density at radius 3 is 2.39 bits per heavy atom. The van der Waals surface area contributed by atoms with Crippen LogP contribution in [0.5, 0.6) is 0 Å². The zero-order valence-corrected chi connectivity index (χ0v) is 19.5. The summed E-state index contributed by atoms with van der Waals surface area (Å²) < 4.78 is 27.4. The van der Waals surface area contributed by atoms with Crippen molar-refractivity contribution >= 4 is 33.2 Å². The fourth-order valence-corrected chi connectivity index (χ4v) is 4.46. The number of nitrogens with zero attached hydrogens (tertiary/aromatic N) is 1. The summed E-state index contributed by atoms with van der Waals surface area (Å²) in [6.07, 6.45) is 7.40. The Bertz CT molecular complexity index is 1190. The predicted molar refractivity (Wildman–Crippen MR) is 130 cm³/mol. The maximum Gasteiger partial charge on any atom is 0.303 e. The third-order valence-electron chi connectivity index (χ3n) is 5.01. The van der Waals surface area contributed by atoms with Gasteiger partial charge in [-0.25, -0.2) is 13.1 Å². The van der Waals surface area contributed by atoms with Gasteiger partial charge in [0.15, 0.2) is 0 Å². The van der Waals surface area contributed by atoms with E-state index in [1.165, 1.54) is 12.1 Å². The number of hydrogen-bond donors (Lipinski definition) is 2. The van der Waals surface area contributed by atoms with Crippen molar-refractivity contribution in [1.82, 2.24) is 9.71 Å². The van der Waals surface area contributed by atoms with Crippen LogP contribution in [0.3, 0.4) is 0 Å². The lowest BCUT2D eigenvalue weighted by molar-refractivity contribution is -0.137. The largest absolute Gasteiger partial charge is 0.481 e. The summed E-state index contributed by atoms with van der Waals surface area (Å²) in [5.41, 5.74) is 3.93. The molecule has 0 saturated heterocycles. The average Bonchev–Trinajstić information content (AvgIpc) is 2.80. The van der Waals surface area contributed by atoms with Gasteiger partial charge in [-0.1, -0.05) is 48.0 Å². The molecule has 0 aliphatic heterocycles. The lowest BCUT2D eigenvalue weighted by atomic mass is 9.96. The molecule has 2 N–H and O–H groups in total. The van der Waals surface area contributed by atoms with Gasteiger partial charge in [0.05, 0.1) is 4.90 Å². The first-order valence-electron chi connectivity index (χ1n) is 10.5. The highest BCUT2D eigenvalue weighted by Gasteiger charge is 2.13. The van der Waals surface area contributed by atoms with E-state index in [0.29, 0.717) is 24.3 Å². The Hall–Kier alpha value is -3.00. The summed E-state index contributed by atoms with van der Waals surface area (Å²) in [6, 6.07) is 17.8. The first kappa shape index (κ1) is 24.6. The molecule has 2 aromatic carbocycles. The Kier molecular flexibility index (Phi) is 8.77. The van der Waals surface area contributed by atoms with E-state index >= 15 is 0 Å². The molecule has 3 aromatic rings. The first-order chi connectivity index (χ1) is 15.8. The summed E-state index contributed by atoms with van der Waals surface area (Å²) in [5.74, 6) is -0.803. The number of carbonyl (C=O) groups is 1. The molecule has 0 atom stereocenters. The van der Waals surface area contributed by atoms with Crippen molar-refractivity contribution in [3.05, 3.63) is 101 Å². The lowest BCUT2D eigenvalue weighted by Gasteiger charge is -2.10. The van der Waals surface area contributed by atoms with Gasteiger partial charge in [0.25, 0.3) is 0 Å². The fraction of sp³-hybridized carbons (Fsp3) is 0.200. The normalized spacial score (nSPS) is 12.0. The molecule has 0 radical (unpaired) electrons. The van der Waals surface area contributed by atoms with Crippen LogP contribution in [0.4, 0.5) is 0 Å². The van der Waals surface area contributed by atoms with Crippen LogP contribution in [0, 0.1) is 0 Å². The first-order valence-corrected chi connectivity index (χ1v) is 12.4. The van der Waals surface area contributed by atoms with Crippen LogP contribution in [0.1, 0.15) is 36.0 Å². The zero-order valence-electron chi connectivity index (χ0n) is 17.9. The van der Waals surface area contributed by atoms with Crippen molar-refractivity contribution in [3.8, 4) is 0 Å². The minimum atomic E-state index is -3.59. The van der Waals surface area contributed by atoms with Gasteiger partial charge in [0.1, 0.15) is 0 Å². The van der Waals surface area contributed by atoms with Gasteiger partial charge < -0.3 is 5.11 Å². The van der Waals surface area contributed by atoms with Crippen LogP contribution in [0.15, 0.2) is 84.0 Å². The number of aliphatic carboxylic acids is 1. The van der Waals surface area contributed by atoms with E-state index < -0.39 is 16.0 Å². The molecule has 172 valence electrons. The number of rotatable bonds is 11. The van der Waals surface area contributed by atoms with Gasteiger partial charge in [-0.15, -0.1) is 0 Å². The summed E-state index contributed by atoms with van der Waals surface area (Å²) in [6.45, 7) is 0.269. The minimum Gasteiger partial charge on any atom is -0.481 e. The van der Waals surface area contributed by atoms with E-state index in [1.807, 2.05) is 42.5 Å². The molecule has 0 amide bonds. The standard InChI is InChI=1S/C25H25ClN2O4S/c26-22-11-13-23(14-12-22)33(31,32)28-17-15-19-7-9-20(10-8-19)24(5-1-2-6-25(29)30)21-4-3-16-27-18-21/h3-5,7-14,16,18,28H,1-2,6,15,17H2,(H,29,30)/b24-5-. The summed E-state index contributed by atoms with van der Waals surface area (Å²) in [4.78, 5) is 15.2. The molecule has 0 saturated carbocycles. The van der Waals surface area contributed by atoms with Crippen LogP contribution in [-0.4, -0.2) is 31.0 Å². The zero-order chi connectivity index (χ0) is 23.7. The number of allylic oxidation sites excluding steroid dienone is 1. The van der Waals surface area contributed by atoms with Gasteiger partial charge >= 0.3 is 5.97 Å². The Morgan fingerprint density at radius 1 is 1.03 bits per heavy atom. The molecule has 0 bridgehead atoms.